The number of halogens is 3. The van der Waals surface area contributed by atoms with Crippen LogP contribution < -0.4 is 4.74 Å². The van der Waals surface area contributed by atoms with E-state index in [0.29, 0.717) is 5.02 Å². The van der Waals surface area contributed by atoms with E-state index < -0.39 is 0 Å². The highest BCUT2D eigenvalue weighted by Gasteiger charge is 2.17. The normalized spacial score (nSPS) is 14.4. The minimum Gasteiger partial charge on any atom is -0.462 e. The Kier molecular flexibility index (Phi) is 7.56. The van der Waals surface area contributed by atoms with Crippen molar-refractivity contribution in [3.8, 4) is 5.75 Å². The summed E-state index contributed by atoms with van der Waals surface area (Å²) in [6.07, 6.45) is 4.89. The van der Waals surface area contributed by atoms with Crippen LogP contribution in [0.3, 0.4) is 0 Å². The largest absolute Gasteiger partial charge is 0.462 e. The minimum absolute atomic E-state index is 0.111. The fourth-order valence-corrected chi connectivity index (χ4v) is 4.20. The number of ether oxygens (including phenoxy) is 1. The van der Waals surface area contributed by atoms with E-state index in [4.69, 9.17) is 16.3 Å². The van der Waals surface area contributed by atoms with Gasteiger partial charge in [0, 0.05) is 30.5 Å². The molecule has 0 spiro atoms. The summed E-state index contributed by atoms with van der Waals surface area (Å²) in [5.74, 6) is 1.40. The second-order valence-corrected chi connectivity index (χ2v) is 8.51. The highest BCUT2D eigenvalue weighted by Crippen LogP contribution is 2.30. The summed E-state index contributed by atoms with van der Waals surface area (Å²) in [5.41, 5.74) is 2.10. The Hall–Kier alpha value is -2.69. The zero-order valence-corrected chi connectivity index (χ0v) is 18.6. The summed E-state index contributed by atoms with van der Waals surface area (Å²) < 4.78 is 32.8. The summed E-state index contributed by atoms with van der Waals surface area (Å²) in [6.45, 7) is 2.75. The third-order valence-corrected chi connectivity index (χ3v) is 6.08. The number of nitrogens with zero attached hydrogens (tertiary/aromatic N) is 1. The highest BCUT2D eigenvalue weighted by molar-refractivity contribution is 6.30. The molecule has 0 N–H and O–H groups in total. The zero-order chi connectivity index (χ0) is 22.3. The third kappa shape index (κ3) is 6.18. The monoisotopic (exact) mass is 453 g/mol. The summed E-state index contributed by atoms with van der Waals surface area (Å²) >= 11 is 5.93. The first-order valence-corrected chi connectivity index (χ1v) is 11.3. The van der Waals surface area contributed by atoms with Gasteiger partial charge in [-0.3, -0.25) is 4.90 Å². The van der Waals surface area contributed by atoms with Crippen LogP contribution in [-0.2, 0) is 0 Å². The molecule has 0 radical (unpaired) electrons. The SMILES string of the molecule is Fc1ccc(C(CCCN2CC=C(Oc3ccc(Cl)cc3)CC2)c2ccc(F)cc2)cc1. The molecule has 0 unspecified atom stereocenters. The van der Waals surface area contributed by atoms with Crippen LogP contribution in [0.5, 0.6) is 5.75 Å². The van der Waals surface area contributed by atoms with E-state index in [1.54, 1.807) is 0 Å². The van der Waals surface area contributed by atoms with Crippen LogP contribution in [0.25, 0.3) is 0 Å². The summed E-state index contributed by atoms with van der Waals surface area (Å²) in [7, 11) is 0. The fraction of sp³-hybridized carbons (Fsp3) is 0.259. The van der Waals surface area contributed by atoms with E-state index >= 15 is 0 Å². The molecule has 3 aromatic rings. The van der Waals surface area contributed by atoms with Crippen molar-refractivity contribution in [1.82, 2.24) is 4.90 Å². The van der Waals surface area contributed by atoms with Crippen LogP contribution in [0.1, 0.15) is 36.3 Å². The van der Waals surface area contributed by atoms with Gasteiger partial charge in [-0.1, -0.05) is 35.9 Å². The summed E-state index contributed by atoms with van der Waals surface area (Å²) in [4.78, 5) is 2.40. The van der Waals surface area contributed by atoms with Gasteiger partial charge in [-0.2, -0.15) is 0 Å². The zero-order valence-electron chi connectivity index (χ0n) is 17.8. The topological polar surface area (TPSA) is 12.5 Å². The molecule has 0 saturated carbocycles. The predicted octanol–water partition coefficient (Wildman–Crippen LogP) is 7.20. The molecule has 1 heterocycles. The lowest BCUT2D eigenvalue weighted by Crippen LogP contribution is -2.30. The lowest BCUT2D eigenvalue weighted by molar-refractivity contribution is 0.256. The standard InChI is InChI=1S/C27H26ClF2NO/c28-22-7-13-25(14-8-22)32-26-15-18-31(19-16-26)17-1-2-27(20-3-9-23(29)10-4-20)21-5-11-24(30)12-6-21/h3-15,27H,1-2,16-19H2. The molecule has 0 atom stereocenters. The molecule has 1 aliphatic heterocycles. The van der Waals surface area contributed by atoms with Crippen molar-refractivity contribution in [2.24, 2.45) is 0 Å². The van der Waals surface area contributed by atoms with Gasteiger partial charge >= 0.3 is 0 Å². The molecule has 0 aliphatic carbocycles. The average Bonchev–Trinajstić information content (AvgIpc) is 2.81. The van der Waals surface area contributed by atoms with Gasteiger partial charge in [-0.25, -0.2) is 8.78 Å². The Morgan fingerprint density at radius 3 is 1.97 bits per heavy atom. The molecular formula is C27H26ClF2NO. The van der Waals surface area contributed by atoms with Crippen molar-refractivity contribution in [3.63, 3.8) is 0 Å². The Labute approximate surface area is 193 Å². The van der Waals surface area contributed by atoms with E-state index in [9.17, 15) is 8.78 Å². The Morgan fingerprint density at radius 1 is 0.844 bits per heavy atom. The molecule has 4 rings (SSSR count). The van der Waals surface area contributed by atoms with Crippen molar-refractivity contribution in [2.75, 3.05) is 19.6 Å². The van der Waals surface area contributed by atoms with Crippen LogP contribution in [0.2, 0.25) is 5.02 Å². The first-order valence-electron chi connectivity index (χ1n) is 10.9. The van der Waals surface area contributed by atoms with Gasteiger partial charge in [0.1, 0.15) is 23.1 Å². The van der Waals surface area contributed by atoms with Crippen LogP contribution in [0.4, 0.5) is 8.78 Å². The van der Waals surface area contributed by atoms with E-state index in [2.05, 4.69) is 11.0 Å². The maximum absolute atomic E-state index is 13.4. The Morgan fingerprint density at radius 2 is 1.44 bits per heavy atom. The van der Waals surface area contributed by atoms with Gasteiger partial charge < -0.3 is 4.74 Å². The lowest BCUT2D eigenvalue weighted by Gasteiger charge is -2.27. The highest BCUT2D eigenvalue weighted by atomic mass is 35.5. The molecule has 1 aliphatic rings. The van der Waals surface area contributed by atoms with Crippen LogP contribution in [-0.4, -0.2) is 24.5 Å². The number of benzene rings is 3. The van der Waals surface area contributed by atoms with Gasteiger partial charge in [0.05, 0.1) is 0 Å². The number of hydrogen-bond acceptors (Lipinski definition) is 2. The fourth-order valence-electron chi connectivity index (χ4n) is 4.08. The minimum atomic E-state index is -0.247. The van der Waals surface area contributed by atoms with Gasteiger partial charge in [0.15, 0.2) is 0 Å². The van der Waals surface area contributed by atoms with E-state index in [1.165, 1.54) is 24.3 Å². The molecule has 32 heavy (non-hydrogen) atoms. The molecule has 166 valence electrons. The van der Waals surface area contributed by atoms with Crippen molar-refractivity contribution in [3.05, 3.63) is 112 Å². The number of hydrogen-bond donors (Lipinski definition) is 0. The van der Waals surface area contributed by atoms with Crippen LogP contribution in [0, 0.1) is 11.6 Å². The van der Waals surface area contributed by atoms with Crippen molar-refractivity contribution in [2.45, 2.75) is 25.2 Å². The molecule has 0 bridgehead atoms. The molecule has 2 nitrogen and oxygen atoms in total. The molecule has 3 aromatic carbocycles. The molecule has 0 saturated heterocycles. The van der Waals surface area contributed by atoms with Gasteiger partial charge in [0.25, 0.3) is 0 Å². The van der Waals surface area contributed by atoms with Crippen molar-refractivity contribution in [1.29, 1.82) is 0 Å². The first kappa shape index (κ1) is 22.5. The molecule has 0 amide bonds. The van der Waals surface area contributed by atoms with Gasteiger partial charge in [-0.05, 0) is 85.1 Å². The lowest BCUT2D eigenvalue weighted by atomic mass is 9.87. The Balaban J connectivity index is 1.33. The van der Waals surface area contributed by atoms with Crippen molar-refractivity contribution < 1.29 is 13.5 Å². The molecular weight excluding hydrogens is 428 g/mol. The molecule has 0 aromatic heterocycles. The van der Waals surface area contributed by atoms with Gasteiger partial charge in [-0.15, -0.1) is 0 Å². The summed E-state index contributed by atoms with van der Waals surface area (Å²) in [5, 5.41) is 0.695. The molecule has 0 fully saturated rings. The second kappa shape index (κ2) is 10.8. The maximum atomic E-state index is 13.4. The first-order chi connectivity index (χ1) is 15.6. The predicted molar refractivity (Wildman–Crippen MR) is 125 cm³/mol. The third-order valence-electron chi connectivity index (χ3n) is 5.83. The van der Waals surface area contributed by atoms with Crippen LogP contribution >= 0.6 is 11.6 Å². The quantitative estimate of drug-likeness (QED) is 0.357. The number of rotatable bonds is 8. The van der Waals surface area contributed by atoms with Crippen LogP contribution in [0.15, 0.2) is 84.6 Å². The van der Waals surface area contributed by atoms with Gasteiger partial charge in [0.2, 0.25) is 0 Å². The Bertz CT molecular complexity index is 987. The molecule has 5 heteroatoms. The van der Waals surface area contributed by atoms with E-state index in [-0.39, 0.29) is 17.6 Å². The smallest absolute Gasteiger partial charge is 0.127 e. The average molecular weight is 454 g/mol. The van der Waals surface area contributed by atoms with E-state index in [1.807, 2.05) is 48.5 Å². The van der Waals surface area contributed by atoms with E-state index in [0.717, 1.165) is 61.5 Å². The maximum Gasteiger partial charge on any atom is 0.127 e. The van der Waals surface area contributed by atoms with Crippen molar-refractivity contribution >= 4 is 11.6 Å². The second-order valence-electron chi connectivity index (χ2n) is 8.07. The summed E-state index contributed by atoms with van der Waals surface area (Å²) in [6, 6.07) is 20.7.